The zero-order valence-electron chi connectivity index (χ0n) is 24.2. The zero-order valence-corrected chi connectivity index (χ0v) is 24.2. The molecule has 0 N–H and O–H groups in total. The molecule has 206 valence electrons. The smallest absolute Gasteiger partial charge is 0.156 e. The SMILES string of the molecule is Cc1ccc(-n2c3ccc4ccccc4c3c3ccc4c(c32)Oc2ccccc2C42c3ccccc3-c3ccccc32)cc1. The van der Waals surface area contributed by atoms with E-state index >= 15 is 0 Å². The van der Waals surface area contributed by atoms with E-state index in [1.165, 1.54) is 66.0 Å². The number of nitrogens with zero attached hydrogens (tertiary/aromatic N) is 1. The van der Waals surface area contributed by atoms with Crippen molar-refractivity contribution in [1.82, 2.24) is 4.57 Å². The highest BCUT2D eigenvalue weighted by Crippen LogP contribution is 2.63. The minimum atomic E-state index is -0.498. The van der Waals surface area contributed by atoms with Crippen molar-refractivity contribution in [3.63, 3.8) is 0 Å². The van der Waals surface area contributed by atoms with Crippen LogP contribution in [0.2, 0.25) is 0 Å². The molecule has 10 rings (SSSR count). The highest BCUT2D eigenvalue weighted by molar-refractivity contribution is 6.22. The molecular formula is C42H27NO. The Morgan fingerprint density at radius 3 is 1.95 bits per heavy atom. The van der Waals surface area contributed by atoms with Crippen LogP contribution in [-0.4, -0.2) is 4.57 Å². The Morgan fingerprint density at radius 2 is 1.18 bits per heavy atom. The fourth-order valence-corrected chi connectivity index (χ4v) is 8.14. The highest BCUT2D eigenvalue weighted by Gasteiger charge is 2.51. The van der Waals surface area contributed by atoms with Crippen molar-refractivity contribution < 1.29 is 4.74 Å². The van der Waals surface area contributed by atoms with Gasteiger partial charge in [-0.3, -0.25) is 0 Å². The molecule has 2 heteroatoms. The summed E-state index contributed by atoms with van der Waals surface area (Å²) >= 11 is 0. The lowest BCUT2D eigenvalue weighted by molar-refractivity contribution is 0.440. The van der Waals surface area contributed by atoms with Crippen molar-refractivity contribution in [1.29, 1.82) is 0 Å². The molecule has 1 aromatic heterocycles. The molecule has 0 atom stereocenters. The molecule has 2 heterocycles. The number of hydrogen-bond acceptors (Lipinski definition) is 1. The second kappa shape index (κ2) is 8.49. The van der Waals surface area contributed by atoms with Crippen LogP contribution in [0.5, 0.6) is 11.5 Å². The van der Waals surface area contributed by atoms with Gasteiger partial charge in [-0.25, -0.2) is 0 Å². The summed E-state index contributed by atoms with van der Waals surface area (Å²) in [4.78, 5) is 0. The monoisotopic (exact) mass is 561 g/mol. The van der Waals surface area contributed by atoms with Gasteiger partial charge in [-0.1, -0.05) is 127 Å². The Balaban J connectivity index is 1.44. The lowest BCUT2D eigenvalue weighted by atomic mass is 9.66. The van der Waals surface area contributed by atoms with E-state index in [4.69, 9.17) is 4.74 Å². The minimum Gasteiger partial charge on any atom is -0.454 e. The number of ether oxygens (including phenoxy) is 1. The van der Waals surface area contributed by atoms with Gasteiger partial charge in [0.1, 0.15) is 5.75 Å². The van der Waals surface area contributed by atoms with Gasteiger partial charge < -0.3 is 9.30 Å². The fourth-order valence-electron chi connectivity index (χ4n) is 8.14. The third kappa shape index (κ3) is 2.86. The summed E-state index contributed by atoms with van der Waals surface area (Å²) in [5, 5.41) is 4.95. The Labute approximate surface area is 255 Å². The molecular weight excluding hydrogens is 534 g/mol. The standard InChI is InChI=1S/C42H27NO/c1-26-18-21-28(22-19-26)43-37-25-20-27-10-2-3-11-29(27)39(37)32-23-24-36-41(40(32)43)44-38-17-9-8-16-35(38)42(36)33-14-6-4-12-30(33)31-13-5-7-15-34(31)42/h2-25H,1H3. The van der Waals surface area contributed by atoms with Crippen LogP contribution in [0.4, 0.5) is 0 Å². The number of para-hydroxylation sites is 1. The van der Waals surface area contributed by atoms with Gasteiger partial charge in [-0.2, -0.15) is 0 Å². The predicted molar refractivity (Wildman–Crippen MR) is 180 cm³/mol. The molecule has 0 amide bonds. The van der Waals surface area contributed by atoms with E-state index in [1.807, 2.05) is 0 Å². The van der Waals surface area contributed by atoms with Crippen LogP contribution < -0.4 is 4.74 Å². The first-order valence-electron chi connectivity index (χ1n) is 15.3. The van der Waals surface area contributed by atoms with Crippen molar-refractivity contribution in [3.05, 3.63) is 173 Å². The Bertz CT molecular complexity index is 2430. The van der Waals surface area contributed by atoms with Crippen molar-refractivity contribution in [3.8, 4) is 28.3 Å². The molecule has 1 aliphatic carbocycles. The summed E-state index contributed by atoms with van der Waals surface area (Å²) in [6.45, 7) is 2.14. The number of rotatable bonds is 1. The Hall–Kier alpha value is -5.60. The lowest BCUT2D eigenvalue weighted by Gasteiger charge is -2.39. The summed E-state index contributed by atoms with van der Waals surface area (Å²) in [6.07, 6.45) is 0. The molecule has 1 aliphatic heterocycles. The number of hydrogen-bond donors (Lipinski definition) is 0. The van der Waals surface area contributed by atoms with Crippen LogP contribution in [-0.2, 0) is 5.41 Å². The first-order valence-corrected chi connectivity index (χ1v) is 15.3. The molecule has 2 nitrogen and oxygen atoms in total. The molecule has 0 fully saturated rings. The first-order chi connectivity index (χ1) is 21.7. The number of aromatic nitrogens is 1. The third-order valence-corrected chi connectivity index (χ3v) is 9.92. The van der Waals surface area contributed by atoms with Crippen LogP contribution >= 0.6 is 0 Å². The van der Waals surface area contributed by atoms with Crippen LogP contribution in [0.15, 0.2) is 146 Å². The van der Waals surface area contributed by atoms with E-state index < -0.39 is 5.41 Å². The van der Waals surface area contributed by atoms with Gasteiger partial charge in [0.15, 0.2) is 5.75 Å². The maximum absolute atomic E-state index is 7.11. The number of benzene rings is 7. The fraction of sp³-hybridized carbons (Fsp3) is 0.0476. The third-order valence-electron chi connectivity index (χ3n) is 9.92. The van der Waals surface area contributed by atoms with E-state index in [-0.39, 0.29) is 0 Å². The van der Waals surface area contributed by atoms with Gasteiger partial charge in [0.2, 0.25) is 0 Å². The van der Waals surface area contributed by atoms with Crippen molar-refractivity contribution in [2.45, 2.75) is 12.3 Å². The van der Waals surface area contributed by atoms with Gasteiger partial charge in [-0.05, 0) is 64.2 Å². The normalized spacial score (nSPS) is 13.9. The topological polar surface area (TPSA) is 14.2 Å². The number of fused-ring (bicyclic) bond motifs is 15. The Morgan fingerprint density at radius 1 is 0.523 bits per heavy atom. The largest absolute Gasteiger partial charge is 0.454 e. The number of aryl methyl sites for hydroxylation is 1. The lowest BCUT2D eigenvalue weighted by Crippen LogP contribution is -2.32. The van der Waals surface area contributed by atoms with Crippen molar-refractivity contribution in [2.75, 3.05) is 0 Å². The summed E-state index contributed by atoms with van der Waals surface area (Å²) in [6, 6.07) is 53.2. The maximum Gasteiger partial charge on any atom is 0.156 e. The van der Waals surface area contributed by atoms with Crippen LogP contribution in [0.3, 0.4) is 0 Å². The van der Waals surface area contributed by atoms with Gasteiger partial charge >= 0.3 is 0 Å². The summed E-state index contributed by atoms with van der Waals surface area (Å²) in [5.41, 5.74) is 11.7. The van der Waals surface area contributed by atoms with Gasteiger partial charge in [0, 0.05) is 27.6 Å². The van der Waals surface area contributed by atoms with Crippen LogP contribution in [0.1, 0.15) is 27.8 Å². The molecule has 2 aliphatic rings. The molecule has 0 radical (unpaired) electrons. The molecule has 1 spiro atoms. The second-order valence-corrected chi connectivity index (χ2v) is 12.1. The molecule has 7 aromatic carbocycles. The van der Waals surface area contributed by atoms with E-state index in [1.54, 1.807) is 0 Å². The predicted octanol–water partition coefficient (Wildman–Crippen LogP) is 10.7. The second-order valence-electron chi connectivity index (χ2n) is 12.1. The molecule has 0 saturated carbocycles. The molecule has 0 unspecified atom stereocenters. The van der Waals surface area contributed by atoms with Crippen molar-refractivity contribution in [2.24, 2.45) is 0 Å². The van der Waals surface area contributed by atoms with E-state index in [9.17, 15) is 0 Å². The maximum atomic E-state index is 7.11. The zero-order chi connectivity index (χ0) is 29.0. The molecule has 0 bridgehead atoms. The molecule has 8 aromatic rings. The molecule has 44 heavy (non-hydrogen) atoms. The average molecular weight is 562 g/mol. The minimum absolute atomic E-state index is 0.498. The average Bonchev–Trinajstić information content (AvgIpc) is 3.57. The van der Waals surface area contributed by atoms with E-state index in [2.05, 4.69) is 157 Å². The molecule has 0 saturated heterocycles. The summed E-state index contributed by atoms with van der Waals surface area (Å²) < 4.78 is 9.53. The highest BCUT2D eigenvalue weighted by atomic mass is 16.5. The van der Waals surface area contributed by atoms with Crippen molar-refractivity contribution >= 4 is 32.6 Å². The van der Waals surface area contributed by atoms with Crippen LogP contribution in [0.25, 0.3) is 49.4 Å². The van der Waals surface area contributed by atoms with Gasteiger partial charge in [0.05, 0.1) is 16.4 Å². The Kier molecular flexibility index (Phi) is 4.61. The first kappa shape index (κ1) is 23.9. The van der Waals surface area contributed by atoms with Crippen LogP contribution in [0, 0.1) is 6.92 Å². The summed E-state index contributed by atoms with van der Waals surface area (Å²) in [5.74, 6) is 1.83. The summed E-state index contributed by atoms with van der Waals surface area (Å²) in [7, 11) is 0. The van der Waals surface area contributed by atoms with E-state index in [0.29, 0.717) is 0 Å². The van der Waals surface area contributed by atoms with Gasteiger partial charge in [-0.15, -0.1) is 0 Å². The van der Waals surface area contributed by atoms with E-state index in [0.717, 1.165) is 22.7 Å². The van der Waals surface area contributed by atoms with Gasteiger partial charge in [0.25, 0.3) is 0 Å². The quantitative estimate of drug-likeness (QED) is 0.194.